The molecule has 10 aromatic rings. The molecule has 0 atom stereocenters. The van der Waals surface area contributed by atoms with Crippen LogP contribution in [0.5, 0.6) is 0 Å². The van der Waals surface area contributed by atoms with Gasteiger partial charge in [-0.25, -0.2) is 4.98 Å². The number of allylic oxidation sites excluding steroid dienone is 1. The summed E-state index contributed by atoms with van der Waals surface area (Å²) in [6.07, 6.45) is 8.69. The van der Waals surface area contributed by atoms with E-state index in [0.29, 0.717) is 5.69 Å². The summed E-state index contributed by atoms with van der Waals surface area (Å²) >= 11 is 0. The van der Waals surface area contributed by atoms with Crippen LogP contribution in [0.3, 0.4) is 0 Å². The van der Waals surface area contributed by atoms with Crippen molar-refractivity contribution in [1.29, 1.82) is 0 Å². The average molecular weight is 664 g/mol. The normalized spacial score (nSPS) is 11.9. The highest BCUT2D eigenvalue weighted by Gasteiger charge is 2.16. The molecule has 3 nitrogen and oxygen atoms in total. The van der Waals surface area contributed by atoms with E-state index in [2.05, 4.69) is 157 Å². The van der Waals surface area contributed by atoms with Crippen molar-refractivity contribution in [3.05, 3.63) is 181 Å². The third kappa shape index (κ3) is 4.98. The van der Waals surface area contributed by atoms with Gasteiger partial charge in [0.1, 0.15) is 0 Å². The Morgan fingerprint density at radius 2 is 1.10 bits per heavy atom. The maximum absolute atomic E-state index is 6.79. The van der Waals surface area contributed by atoms with E-state index in [9.17, 15) is 0 Å². The summed E-state index contributed by atoms with van der Waals surface area (Å²) in [4.78, 5) is 9.32. The molecule has 0 saturated heterocycles. The van der Waals surface area contributed by atoms with Gasteiger partial charge in [0.2, 0.25) is 0 Å². The number of pyridine rings is 2. The number of aromatic nitrogens is 2. The summed E-state index contributed by atoms with van der Waals surface area (Å²) in [5, 5.41) is 11.0. The van der Waals surface area contributed by atoms with Crippen molar-refractivity contribution < 1.29 is 0 Å². The van der Waals surface area contributed by atoms with Gasteiger partial charge in [-0.3, -0.25) is 4.98 Å². The molecule has 0 unspecified atom stereocenters. The predicted octanol–water partition coefficient (Wildman–Crippen LogP) is 12.5. The summed E-state index contributed by atoms with van der Waals surface area (Å²) in [6.45, 7) is 0. The minimum Gasteiger partial charge on any atom is -0.396 e. The minimum absolute atomic E-state index is 0.694. The summed E-state index contributed by atoms with van der Waals surface area (Å²) in [6, 6.07) is 54.7. The lowest BCUT2D eigenvalue weighted by Gasteiger charge is -2.17. The first-order valence-electron chi connectivity index (χ1n) is 17.7. The van der Waals surface area contributed by atoms with E-state index in [1.54, 1.807) is 0 Å². The van der Waals surface area contributed by atoms with Crippen molar-refractivity contribution in [2.75, 3.05) is 5.73 Å². The molecular weight excluding hydrogens is 631 g/mol. The Bertz CT molecular complexity index is 2970. The van der Waals surface area contributed by atoms with Crippen LogP contribution in [0.15, 0.2) is 170 Å². The molecule has 8 aromatic carbocycles. The molecule has 2 aromatic heterocycles. The van der Waals surface area contributed by atoms with Gasteiger partial charge in [0, 0.05) is 23.3 Å². The Kier molecular flexibility index (Phi) is 7.04. The van der Waals surface area contributed by atoms with Gasteiger partial charge in [0.05, 0.1) is 16.9 Å². The van der Waals surface area contributed by atoms with Crippen LogP contribution in [0.1, 0.15) is 11.1 Å². The highest BCUT2D eigenvalue weighted by Crippen LogP contribution is 2.43. The third-order valence-electron chi connectivity index (χ3n) is 10.6. The fourth-order valence-electron chi connectivity index (χ4n) is 7.94. The van der Waals surface area contributed by atoms with Gasteiger partial charge in [-0.15, -0.1) is 0 Å². The average Bonchev–Trinajstić information content (AvgIpc) is 3.21. The lowest BCUT2D eigenvalue weighted by atomic mass is 9.87. The van der Waals surface area contributed by atoms with Crippen LogP contribution < -0.4 is 5.73 Å². The smallest absolute Gasteiger partial charge is 0.0944 e. The first kappa shape index (κ1) is 30.0. The third-order valence-corrected chi connectivity index (χ3v) is 10.6. The molecule has 10 rings (SSSR count). The first-order valence-corrected chi connectivity index (χ1v) is 17.7. The Hall–Kier alpha value is -6.84. The Morgan fingerprint density at radius 1 is 0.481 bits per heavy atom. The molecule has 0 spiro atoms. The molecule has 2 heterocycles. The van der Waals surface area contributed by atoms with Gasteiger partial charge in [-0.1, -0.05) is 146 Å². The number of hydrogen-bond donors (Lipinski definition) is 1. The van der Waals surface area contributed by atoms with E-state index in [0.717, 1.165) is 34.1 Å². The van der Waals surface area contributed by atoms with Gasteiger partial charge in [0.25, 0.3) is 0 Å². The molecule has 0 bridgehead atoms. The van der Waals surface area contributed by atoms with Gasteiger partial charge >= 0.3 is 0 Å². The second kappa shape index (κ2) is 12.2. The van der Waals surface area contributed by atoms with Crippen molar-refractivity contribution in [3.8, 4) is 33.5 Å². The lowest BCUT2D eigenvalue weighted by molar-refractivity contribution is 1.22. The molecular formula is C49H33N3. The van der Waals surface area contributed by atoms with E-state index >= 15 is 0 Å². The number of nitrogens with two attached hydrogens (primary N) is 1. The van der Waals surface area contributed by atoms with Gasteiger partial charge in [-0.2, -0.15) is 0 Å². The maximum atomic E-state index is 6.79. The summed E-state index contributed by atoms with van der Waals surface area (Å²) in [5.74, 6) is 0. The summed E-state index contributed by atoms with van der Waals surface area (Å²) in [7, 11) is 0. The molecule has 3 heteroatoms. The van der Waals surface area contributed by atoms with Gasteiger partial charge < -0.3 is 5.73 Å². The predicted molar refractivity (Wildman–Crippen MR) is 221 cm³/mol. The van der Waals surface area contributed by atoms with Crippen LogP contribution >= 0.6 is 0 Å². The van der Waals surface area contributed by atoms with Crippen molar-refractivity contribution in [2.24, 2.45) is 0 Å². The van der Waals surface area contributed by atoms with Gasteiger partial charge in [0.15, 0.2) is 0 Å². The molecule has 2 N–H and O–H groups in total. The second-order valence-corrected chi connectivity index (χ2v) is 13.6. The molecule has 244 valence electrons. The zero-order valence-electron chi connectivity index (χ0n) is 28.4. The summed E-state index contributed by atoms with van der Waals surface area (Å²) in [5.41, 5.74) is 17.4. The SMILES string of the molecule is Nc1c(/C=C\Cc2ccncc2)ccc2ccc(-c3ccc4ccc5c(-c6ccc(-c7cccc8ccccc78)cc6)ccc6ccc3c4c65)nc12. The highest BCUT2D eigenvalue weighted by molar-refractivity contribution is 6.27. The fraction of sp³-hybridized carbons (Fsp3) is 0.0204. The molecule has 0 aliphatic heterocycles. The van der Waals surface area contributed by atoms with E-state index < -0.39 is 0 Å². The van der Waals surface area contributed by atoms with Crippen LogP contribution in [0.4, 0.5) is 5.69 Å². The lowest BCUT2D eigenvalue weighted by Crippen LogP contribution is -1.96. The number of hydrogen-bond acceptors (Lipinski definition) is 3. The number of nitrogens with zero attached hydrogens (tertiary/aromatic N) is 2. The molecule has 0 fully saturated rings. The Morgan fingerprint density at radius 3 is 1.87 bits per heavy atom. The zero-order chi connectivity index (χ0) is 34.6. The van der Waals surface area contributed by atoms with E-state index in [4.69, 9.17) is 10.7 Å². The number of fused-ring (bicyclic) bond motifs is 2. The monoisotopic (exact) mass is 663 g/mol. The first-order chi connectivity index (χ1) is 25.7. The summed E-state index contributed by atoms with van der Waals surface area (Å²) < 4.78 is 0. The topological polar surface area (TPSA) is 51.8 Å². The van der Waals surface area contributed by atoms with Crippen LogP contribution in [0, 0.1) is 0 Å². The number of rotatable bonds is 6. The van der Waals surface area contributed by atoms with Crippen molar-refractivity contribution >= 4 is 65.8 Å². The molecule has 0 saturated carbocycles. The van der Waals surface area contributed by atoms with E-state index in [1.807, 2.05) is 24.5 Å². The molecule has 0 aliphatic rings. The molecule has 0 radical (unpaired) electrons. The van der Waals surface area contributed by atoms with E-state index in [-0.39, 0.29) is 0 Å². The van der Waals surface area contributed by atoms with Crippen molar-refractivity contribution in [2.45, 2.75) is 6.42 Å². The van der Waals surface area contributed by atoms with Crippen LogP contribution in [0.2, 0.25) is 0 Å². The number of nitrogen functional groups attached to an aromatic ring is 1. The standard InChI is InChI=1S/C49H33N3/c50-48-37(8-3-5-31-27-29-51-30-28-31)15-16-38-21-26-45(52-49(38)48)42-23-18-36-19-24-43-41(22-17-35-20-25-44(42)47(36)46(35)43)34-13-11-33(12-14-34)40-10-4-7-32-6-1-2-9-39(32)40/h1-4,6-30H,5,50H2/b8-3-. The Labute approximate surface area is 301 Å². The zero-order valence-corrected chi connectivity index (χ0v) is 28.4. The van der Waals surface area contributed by atoms with E-state index in [1.165, 1.54) is 70.9 Å². The van der Waals surface area contributed by atoms with Crippen molar-refractivity contribution in [3.63, 3.8) is 0 Å². The highest BCUT2D eigenvalue weighted by atomic mass is 14.7. The van der Waals surface area contributed by atoms with Crippen LogP contribution in [-0.2, 0) is 6.42 Å². The molecule has 0 aliphatic carbocycles. The van der Waals surface area contributed by atoms with Gasteiger partial charge in [-0.05, 0) is 101 Å². The quantitative estimate of drug-likeness (QED) is 0.142. The second-order valence-electron chi connectivity index (χ2n) is 13.6. The Balaban J connectivity index is 1.06. The molecule has 0 amide bonds. The fourth-order valence-corrected chi connectivity index (χ4v) is 7.94. The number of anilines is 1. The van der Waals surface area contributed by atoms with Crippen molar-refractivity contribution in [1.82, 2.24) is 9.97 Å². The maximum Gasteiger partial charge on any atom is 0.0944 e. The van der Waals surface area contributed by atoms with Crippen LogP contribution in [0.25, 0.3) is 93.6 Å². The molecule has 52 heavy (non-hydrogen) atoms. The van der Waals surface area contributed by atoms with Crippen LogP contribution in [-0.4, -0.2) is 9.97 Å². The number of benzene rings is 8. The minimum atomic E-state index is 0.694. The largest absolute Gasteiger partial charge is 0.396 e.